The van der Waals surface area contributed by atoms with Gasteiger partial charge in [-0.15, -0.1) is 0 Å². The molecular weight excluding hydrogens is 230 g/mol. The van der Waals surface area contributed by atoms with Gasteiger partial charge in [-0.05, 0) is 50.6 Å². The van der Waals surface area contributed by atoms with Crippen LogP contribution in [0.4, 0.5) is 0 Å². The van der Waals surface area contributed by atoms with E-state index in [0.717, 1.165) is 19.4 Å². The van der Waals surface area contributed by atoms with Crippen LogP contribution in [0.5, 0.6) is 0 Å². The monoisotopic (exact) mass is 265 g/mol. The lowest BCUT2D eigenvalue weighted by molar-refractivity contribution is 0.215. The zero-order valence-corrected chi connectivity index (χ0v) is 14.3. The van der Waals surface area contributed by atoms with E-state index < -0.39 is 0 Å². The van der Waals surface area contributed by atoms with Gasteiger partial charge in [0.25, 0.3) is 0 Å². The summed E-state index contributed by atoms with van der Waals surface area (Å²) in [6.07, 6.45) is 14.0. The first-order chi connectivity index (χ1) is 8.62. The Morgan fingerprint density at radius 3 is 1.79 bits per heavy atom. The van der Waals surface area contributed by atoms with Crippen LogP contribution in [-0.4, -0.2) is 25.5 Å². The van der Waals surface area contributed by atoms with Crippen molar-refractivity contribution in [3.8, 4) is 0 Å². The molecule has 0 bridgehead atoms. The molecule has 0 spiro atoms. The lowest BCUT2D eigenvalue weighted by Crippen LogP contribution is -2.19. The molecule has 0 aromatic carbocycles. The summed E-state index contributed by atoms with van der Waals surface area (Å²) >= 11 is 0. The summed E-state index contributed by atoms with van der Waals surface area (Å²) in [6.45, 7) is 12.8. The molecule has 0 aromatic rings. The second kappa shape index (κ2) is 8.58. The van der Waals surface area contributed by atoms with E-state index in [-0.39, 0.29) is 0 Å². The van der Waals surface area contributed by atoms with Crippen LogP contribution < -0.4 is 0 Å². The SMILES string of the molecule is CN(C)CC=CCCC=CCC(C)(C)CC(C)(C)C. The van der Waals surface area contributed by atoms with Gasteiger partial charge in [-0.3, -0.25) is 0 Å². The van der Waals surface area contributed by atoms with E-state index in [9.17, 15) is 0 Å². The Kier molecular flexibility index (Phi) is 8.33. The van der Waals surface area contributed by atoms with Crippen molar-refractivity contribution in [1.82, 2.24) is 4.90 Å². The second-order valence-corrected chi connectivity index (χ2v) is 7.89. The van der Waals surface area contributed by atoms with Crippen LogP contribution in [0, 0.1) is 10.8 Å². The Balaban J connectivity index is 3.81. The van der Waals surface area contributed by atoms with Crippen molar-refractivity contribution in [3.05, 3.63) is 24.3 Å². The van der Waals surface area contributed by atoms with Gasteiger partial charge in [-0.25, -0.2) is 0 Å². The molecule has 0 radical (unpaired) electrons. The third-order valence-corrected chi connectivity index (χ3v) is 2.98. The second-order valence-electron chi connectivity index (χ2n) is 7.89. The van der Waals surface area contributed by atoms with E-state index in [2.05, 4.69) is 77.9 Å². The van der Waals surface area contributed by atoms with Gasteiger partial charge in [0.2, 0.25) is 0 Å². The highest BCUT2D eigenvalue weighted by Gasteiger charge is 2.23. The van der Waals surface area contributed by atoms with Gasteiger partial charge in [-0.2, -0.15) is 0 Å². The van der Waals surface area contributed by atoms with Gasteiger partial charge >= 0.3 is 0 Å². The van der Waals surface area contributed by atoms with Crippen LogP contribution in [0.2, 0.25) is 0 Å². The fourth-order valence-corrected chi connectivity index (χ4v) is 2.62. The van der Waals surface area contributed by atoms with Crippen molar-refractivity contribution in [1.29, 1.82) is 0 Å². The Hall–Kier alpha value is -0.560. The summed E-state index contributed by atoms with van der Waals surface area (Å²) in [5.74, 6) is 0. The van der Waals surface area contributed by atoms with Gasteiger partial charge in [0.05, 0.1) is 0 Å². The average Bonchev–Trinajstić information content (AvgIpc) is 2.17. The Morgan fingerprint density at radius 2 is 1.32 bits per heavy atom. The van der Waals surface area contributed by atoms with Crippen molar-refractivity contribution >= 4 is 0 Å². The molecular formula is C18H35N. The maximum absolute atomic E-state index is 2.37. The van der Waals surface area contributed by atoms with Crippen molar-refractivity contribution in [2.75, 3.05) is 20.6 Å². The summed E-state index contributed by atoms with van der Waals surface area (Å²) in [6, 6.07) is 0. The van der Waals surface area contributed by atoms with E-state index in [1.807, 2.05) is 0 Å². The fourth-order valence-electron chi connectivity index (χ4n) is 2.62. The largest absolute Gasteiger partial charge is 0.306 e. The van der Waals surface area contributed by atoms with Crippen molar-refractivity contribution < 1.29 is 0 Å². The first kappa shape index (κ1) is 18.4. The van der Waals surface area contributed by atoms with E-state index in [0.29, 0.717) is 10.8 Å². The van der Waals surface area contributed by atoms with Crippen LogP contribution in [0.3, 0.4) is 0 Å². The fraction of sp³-hybridized carbons (Fsp3) is 0.778. The van der Waals surface area contributed by atoms with Crippen LogP contribution in [0.15, 0.2) is 24.3 Å². The lowest BCUT2D eigenvalue weighted by atomic mass is 9.74. The maximum atomic E-state index is 2.37. The number of nitrogens with zero attached hydrogens (tertiary/aromatic N) is 1. The number of unbranched alkanes of at least 4 members (excludes halogenated alkanes) is 1. The molecule has 0 saturated heterocycles. The molecule has 0 aliphatic carbocycles. The third kappa shape index (κ3) is 13.7. The standard InChI is InChI=1S/C18H35N/c1-17(2,3)16-18(4,5)14-12-10-8-9-11-13-15-19(6)7/h10-13H,8-9,14-16H2,1-7H3. The zero-order valence-electron chi connectivity index (χ0n) is 14.3. The van der Waals surface area contributed by atoms with Crippen molar-refractivity contribution in [3.63, 3.8) is 0 Å². The summed E-state index contributed by atoms with van der Waals surface area (Å²) < 4.78 is 0. The van der Waals surface area contributed by atoms with E-state index in [4.69, 9.17) is 0 Å². The zero-order chi connectivity index (χ0) is 14.9. The molecule has 0 N–H and O–H groups in total. The van der Waals surface area contributed by atoms with E-state index in [1.54, 1.807) is 0 Å². The quantitative estimate of drug-likeness (QED) is 0.425. The molecule has 0 aliphatic rings. The molecule has 0 saturated carbocycles. The minimum Gasteiger partial charge on any atom is -0.306 e. The smallest absolute Gasteiger partial charge is 0.0157 e. The van der Waals surface area contributed by atoms with E-state index in [1.165, 1.54) is 12.8 Å². The maximum Gasteiger partial charge on any atom is 0.0157 e. The summed E-state index contributed by atoms with van der Waals surface area (Å²) in [4.78, 5) is 2.18. The molecule has 0 unspecified atom stereocenters. The Bertz CT molecular complexity index is 277. The molecule has 112 valence electrons. The Morgan fingerprint density at radius 1 is 0.789 bits per heavy atom. The number of hydrogen-bond acceptors (Lipinski definition) is 1. The molecule has 0 heterocycles. The van der Waals surface area contributed by atoms with Crippen molar-refractivity contribution in [2.45, 2.75) is 60.3 Å². The van der Waals surface area contributed by atoms with Crippen molar-refractivity contribution in [2.24, 2.45) is 10.8 Å². The average molecular weight is 265 g/mol. The topological polar surface area (TPSA) is 3.24 Å². The third-order valence-electron chi connectivity index (χ3n) is 2.98. The highest BCUT2D eigenvalue weighted by molar-refractivity contribution is 4.92. The van der Waals surface area contributed by atoms with Gasteiger partial charge in [0.15, 0.2) is 0 Å². The number of likely N-dealkylation sites (N-methyl/N-ethyl adjacent to an activating group) is 1. The molecule has 0 amide bonds. The molecule has 19 heavy (non-hydrogen) atoms. The minimum absolute atomic E-state index is 0.412. The summed E-state index contributed by atoms with van der Waals surface area (Å²) in [7, 11) is 4.20. The predicted octanol–water partition coefficient (Wildman–Crippen LogP) is 5.29. The minimum atomic E-state index is 0.412. The summed E-state index contributed by atoms with van der Waals surface area (Å²) in [5.41, 5.74) is 0.835. The first-order valence-electron chi connectivity index (χ1n) is 7.57. The molecule has 0 rings (SSSR count). The van der Waals surface area contributed by atoms with E-state index >= 15 is 0 Å². The summed E-state index contributed by atoms with van der Waals surface area (Å²) in [5, 5.41) is 0. The number of rotatable bonds is 8. The molecule has 0 aliphatic heterocycles. The normalized spacial score (nSPS) is 14.1. The highest BCUT2D eigenvalue weighted by atomic mass is 15.0. The molecule has 1 nitrogen and oxygen atoms in total. The Labute approximate surface area is 121 Å². The molecule has 0 atom stereocenters. The predicted molar refractivity (Wildman–Crippen MR) is 88.5 cm³/mol. The van der Waals surface area contributed by atoms with Gasteiger partial charge < -0.3 is 4.90 Å². The lowest BCUT2D eigenvalue weighted by Gasteiger charge is -2.31. The number of allylic oxidation sites excluding steroid dienone is 3. The molecule has 1 heteroatoms. The first-order valence-corrected chi connectivity index (χ1v) is 7.57. The van der Waals surface area contributed by atoms with Crippen LogP contribution >= 0.6 is 0 Å². The van der Waals surface area contributed by atoms with Gasteiger partial charge in [-0.1, -0.05) is 58.9 Å². The van der Waals surface area contributed by atoms with Crippen LogP contribution in [-0.2, 0) is 0 Å². The number of hydrogen-bond donors (Lipinski definition) is 0. The van der Waals surface area contributed by atoms with Crippen LogP contribution in [0.25, 0.3) is 0 Å². The molecule has 0 fully saturated rings. The molecule has 0 aromatic heterocycles. The highest BCUT2D eigenvalue weighted by Crippen LogP contribution is 2.35. The van der Waals surface area contributed by atoms with Gasteiger partial charge in [0.1, 0.15) is 0 Å². The van der Waals surface area contributed by atoms with Gasteiger partial charge in [0, 0.05) is 6.54 Å². The van der Waals surface area contributed by atoms with Crippen LogP contribution in [0.1, 0.15) is 60.3 Å².